The molecule has 0 aliphatic rings. The van der Waals surface area contributed by atoms with Crippen molar-refractivity contribution >= 4 is 17.1 Å². The van der Waals surface area contributed by atoms with Crippen LogP contribution in [0.25, 0.3) is 0 Å². The molecule has 102 valence electrons. The molecular formula is C14H8F3NOS. The first-order valence-electron chi connectivity index (χ1n) is 5.58. The molecule has 20 heavy (non-hydrogen) atoms. The third kappa shape index (κ3) is 2.89. The summed E-state index contributed by atoms with van der Waals surface area (Å²) in [4.78, 5) is 12.7. The molecule has 2 rings (SSSR count). The van der Waals surface area contributed by atoms with E-state index in [0.29, 0.717) is 4.88 Å². The number of carbonyl (C=O) groups is 1. The van der Waals surface area contributed by atoms with E-state index in [1.807, 2.05) is 6.07 Å². The van der Waals surface area contributed by atoms with Gasteiger partial charge in [-0.3, -0.25) is 4.79 Å². The molecule has 0 bridgehead atoms. The fourth-order valence-corrected chi connectivity index (χ4v) is 2.46. The molecule has 0 fully saturated rings. The van der Waals surface area contributed by atoms with Gasteiger partial charge in [-0.05, 0) is 23.6 Å². The van der Waals surface area contributed by atoms with Crippen LogP contribution in [0.15, 0.2) is 41.8 Å². The number of halogens is 3. The molecule has 1 unspecified atom stereocenters. The number of thiophene rings is 1. The lowest BCUT2D eigenvalue weighted by atomic mass is 9.96. The van der Waals surface area contributed by atoms with E-state index >= 15 is 0 Å². The molecule has 0 radical (unpaired) electrons. The molecule has 1 aromatic carbocycles. The van der Waals surface area contributed by atoms with Gasteiger partial charge >= 0.3 is 6.18 Å². The Kier molecular flexibility index (Phi) is 3.91. The Bertz CT molecular complexity index is 639. The lowest BCUT2D eigenvalue weighted by Crippen LogP contribution is -2.11. The zero-order valence-electron chi connectivity index (χ0n) is 10.0. The predicted molar refractivity (Wildman–Crippen MR) is 68.4 cm³/mol. The van der Waals surface area contributed by atoms with Crippen LogP contribution in [0.4, 0.5) is 13.2 Å². The minimum atomic E-state index is -4.44. The number of hydrogen-bond acceptors (Lipinski definition) is 3. The van der Waals surface area contributed by atoms with Crippen LogP contribution in [-0.4, -0.2) is 5.78 Å². The highest BCUT2D eigenvalue weighted by Crippen LogP contribution is 2.30. The molecule has 2 aromatic rings. The van der Waals surface area contributed by atoms with Crippen molar-refractivity contribution in [3.8, 4) is 6.07 Å². The van der Waals surface area contributed by atoms with Crippen molar-refractivity contribution < 1.29 is 18.0 Å². The molecule has 0 N–H and O–H groups in total. The van der Waals surface area contributed by atoms with E-state index in [1.54, 1.807) is 17.5 Å². The smallest absolute Gasteiger partial charge is 0.292 e. The second-order valence-corrected chi connectivity index (χ2v) is 5.00. The van der Waals surface area contributed by atoms with Gasteiger partial charge in [-0.25, -0.2) is 0 Å². The van der Waals surface area contributed by atoms with Crippen LogP contribution in [0, 0.1) is 11.3 Å². The SMILES string of the molecule is N#CC(C(=O)c1ccc(C(F)(F)F)cc1)c1cccs1. The monoisotopic (exact) mass is 295 g/mol. The number of benzene rings is 1. The Hall–Kier alpha value is -2.13. The molecular weight excluding hydrogens is 287 g/mol. The van der Waals surface area contributed by atoms with Gasteiger partial charge in [-0.1, -0.05) is 18.2 Å². The summed E-state index contributed by atoms with van der Waals surface area (Å²) in [6, 6.07) is 9.14. The van der Waals surface area contributed by atoms with Crippen molar-refractivity contribution in [2.45, 2.75) is 12.1 Å². The molecule has 0 spiro atoms. The fraction of sp³-hybridized carbons (Fsp3) is 0.143. The largest absolute Gasteiger partial charge is 0.416 e. The number of nitriles is 1. The van der Waals surface area contributed by atoms with Crippen LogP contribution >= 0.6 is 11.3 Å². The van der Waals surface area contributed by atoms with Gasteiger partial charge in [0.1, 0.15) is 5.92 Å². The summed E-state index contributed by atoms with van der Waals surface area (Å²) >= 11 is 1.26. The topological polar surface area (TPSA) is 40.9 Å². The number of rotatable bonds is 3. The molecule has 2 nitrogen and oxygen atoms in total. The zero-order chi connectivity index (χ0) is 14.8. The molecule has 0 aliphatic heterocycles. The van der Waals surface area contributed by atoms with Gasteiger partial charge in [-0.2, -0.15) is 18.4 Å². The summed E-state index contributed by atoms with van der Waals surface area (Å²) < 4.78 is 37.3. The number of alkyl halides is 3. The van der Waals surface area contributed by atoms with E-state index in [-0.39, 0.29) is 5.56 Å². The summed E-state index contributed by atoms with van der Waals surface area (Å²) in [6.07, 6.45) is -4.44. The van der Waals surface area contributed by atoms with Gasteiger partial charge in [0, 0.05) is 10.4 Å². The molecule has 0 saturated heterocycles. The van der Waals surface area contributed by atoms with E-state index in [1.165, 1.54) is 11.3 Å². The van der Waals surface area contributed by atoms with E-state index in [9.17, 15) is 18.0 Å². The average Bonchev–Trinajstić information content (AvgIpc) is 2.92. The first-order chi connectivity index (χ1) is 9.43. The number of nitrogens with zero attached hydrogens (tertiary/aromatic N) is 1. The maximum absolute atomic E-state index is 12.4. The van der Waals surface area contributed by atoms with E-state index < -0.39 is 23.4 Å². The minimum Gasteiger partial charge on any atom is -0.292 e. The lowest BCUT2D eigenvalue weighted by Gasteiger charge is -2.09. The highest BCUT2D eigenvalue weighted by molar-refractivity contribution is 7.10. The van der Waals surface area contributed by atoms with E-state index in [4.69, 9.17) is 5.26 Å². The normalized spacial score (nSPS) is 12.7. The number of ketones is 1. The second-order valence-electron chi connectivity index (χ2n) is 4.02. The van der Waals surface area contributed by atoms with Crippen molar-refractivity contribution in [3.63, 3.8) is 0 Å². The van der Waals surface area contributed by atoms with Crippen molar-refractivity contribution in [2.75, 3.05) is 0 Å². The van der Waals surface area contributed by atoms with Gasteiger partial charge < -0.3 is 0 Å². The second kappa shape index (κ2) is 5.47. The quantitative estimate of drug-likeness (QED) is 0.794. The number of hydrogen-bond donors (Lipinski definition) is 0. The van der Waals surface area contributed by atoms with Crippen LogP contribution in [0.1, 0.15) is 26.7 Å². The molecule has 0 saturated carbocycles. The minimum absolute atomic E-state index is 0.0953. The van der Waals surface area contributed by atoms with Crippen LogP contribution in [0.5, 0.6) is 0 Å². The van der Waals surface area contributed by atoms with Crippen LogP contribution in [0.3, 0.4) is 0 Å². The fourth-order valence-electron chi connectivity index (χ4n) is 1.70. The third-order valence-electron chi connectivity index (χ3n) is 2.72. The van der Waals surface area contributed by atoms with Crippen LogP contribution in [0.2, 0.25) is 0 Å². The number of Topliss-reactive ketones (excluding diaryl/α,β-unsaturated/α-hetero) is 1. The predicted octanol–water partition coefficient (Wildman–Crippen LogP) is 4.26. The Balaban J connectivity index is 2.28. The summed E-state index contributed by atoms with van der Waals surface area (Å²) in [5.41, 5.74) is -0.725. The van der Waals surface area contributed by atoms with Crippen molar-refractivity contribution in [1.82, 2.24) is 0 Å². The first-order valence-corrected chi connectivity index (χ1v) is 6.46. The molecule has 6 heteroatoms. The standard InChI is InChI=1S/C14H8F3NOS/c15-14(16,17)10-5-3-9(4-6-10)13(19)11(8-18)12-2-1-7-20-12/h1-7,11H. The van der Waals surface area contributed by atoms with Crippen molar-refractivity contribution in [3.05, 3.63) is 57.8 Å². The first kappa shape index (κ1) is 14.3. The van der Waals surface area contributed by atoms with Crippen LogP contribution < -0.4 is 0 Å². The maximum Gasteiger partial charge on any atom is 0.416 e. The Morgan fingerprint density at radius 2 is 1.85 bits per heavy atom. The summed E-state index contributed by atoms with van der Waals surface area (Å²) in [6.45, 7) is 0. The Morgan fingerprint density at radius 3 is 2.30 bits per heavy atom. The lowest BCUT2D eigenvalue weighted by molar-refractivity contribution is -0.137. The van der Waals surface area contributed by atoms with E-state index in [0.717, 1.165) is 24.3 Å². The highest BCUT2D eigenvalue weighted by Gasteiger charge is 2.31. The summed E-state index contributed by atoms with van der Waals surface area (Å²) in [7, 11) is 0. The van der Waals surface area contributed by atoms with Crippen molar-refractivity contribution in [2.24, 2.45) is 0 Å². The molecule has 0 aliphatic carbocycles. The highest BCUT2D eigenvalue weighted by atomic mass is 32.1. The third-order valence-corrected chi connectivity index (χ3v) is 3.65. The van der Waals surface area contributed by atoms with Gasteiger partial charge in [0.25, 0.3) is 0 Å². The van der Waals surface area contributed by atoms with Gasteiger partial charge in [0.05, 0.1) is 11.6 Å². The molecule has 1 atom stereocenters. The molecule has 1 heterocycles. The maximum atomic E-state index is 12.4. The van der Waals surface area contributed by atoms with Gasteiger partial charge in [0.2, 0.25) is 0 Å². The number of carbonyl (C=O) groups excluding carboxylic acids is 1. The summed E-state index contributed by atoms with van der Waals surface area (Å²) in [5, 5.41) is 10.8. The van der Waals surface area contributed by atoms with Crippen molar-refractivity contribution in [1.29, 1.82) is 5.26 Å². The Morgan fingerprint density at radius 1 is 1.20 bits per heavy atom. The average molecular weight is 295 g/mol. The Labute approximate surface area is 117 Å². The molecule has 1 aromatic heterocycles. The molecule has 0 amide bonds. The van der Waals surface area contributed by atoms with Gasteiger partial charge in [-0.15, -0.1) is 11.3 Å². The zero-order valence-corrected chi connectivity index (χ0v) is 10.8. The summed E-state index contributed by atoms with van der Waals surface area (Å²) in [5.74, 6) is -1.48. The van der Waals surface area contributed by atoms with Crippen LogP contribution in [-0.2, 0) is 6.18 Å². The van der Waals surface area contributed by atoms with E-state index in [2.05, 4.69) is 0 Å². The van der Waals surface area contributed by atoms with Gasteiger partial charge in [0.15, 0.2) is 5.78 Å².